The van der Waals surface area contributed by atoms with E-state index in [1.165, 1.54) is 18.4 Å². The van der Waals surface area contributed by atoms with E-state index in [0.717, 1.165) is 57.2 Å². The highest BCUT2D eigenvalue weighted by Gasteiger charge is 2.35. The van der Waals surface area contributed by atoms with E-state index in [-0.39, 0.29) is 12.1 Å². The van der Waals surface area contributed by atoms with E-state index >= 15 is 0 Å². The first-order valence-corrected chi connectivity index (χ1v) is 11.9. The van der Waals surface area contributed by atoms with Gasteiger partial charge in [-0.3, -0.25) is 4.99 Å². The Kier molecular flexibility index (Phi) is 8.26. The van der Waals surface area contributed by atoms with Crippen LogP contribution in [0.5, 0.6) is 5.75 Å². The number of piperidine rings is 1. The second-order valence-corrected chi connectivity index (χ2v) is 9.87. The number of aliphatic imine (C=N–C) groups is 1. The van der Waals surface area contributed by atoms with Crippen LogP contribution < -0.4 is 10.1 Å². The summed E-state index contributed by atoms with van der Waals surface area (Å²) in [4.78, 5) is 21.6. The van der Waals surface area contributed by atoms with Gasteiger partial charge in [0.15, 0.2) is 5.96 Å². The van der Waals surface area contributed by atoms with E-state index in [9.17, 15) is 4.79 Å². The number of ether oxygens (including phenoxy) is 2. The molecule has 0 unspecified atom stereocenters. The van der Waals surface area contributed by atoms with Gasteiger partial charge in [0.2, 0.25) is 0 Å². The second-order valence-electron chi connectivity index (χ2n) is 9.87. The third-order valence-electron chi connectivity index (χ3n) is 6.05. The standard InChI is InChI=1S/C25H40N4O3/c1-25(2,3)32-24(30)29(18-20-6-7-20)21-13-16-28(17-14-21)23(26-4)27-15-12-19-8-10-22(31-5)11-9-19/h8-11,20-21H,6-7,12-18H2,1-5H3,(H,26,27). The number of hydrogen-bond donors (Lipinski definition) is 1. The number of benzene rings is 1. The number of nitrogens with one attached hydrogen (secondary N) is 1. The lowest BCUT2D eigenvalue weighted by Crippen LogP contribution is -2.52. The maximum Gasteiger partial charge on any atom is 0.410 e. The van der Waals surface area contributed by atoms with Crippen LogP contribution >= 0.6 is 0 Å². The first kappa shape index (κ1) is 24.2. The van der Waals surface area contributed by atoms with Crippen LogP contribution in [0.3, 0.4) is 0 Å². The van der Waals surface area contributed by atoms with Crippen molar-refractivity contribution in [3.05, 3.63) is 29.8 Å². The smallest absolute Gasteiger partial charge is 0.410 e. The molecule has 1 N–H and O–H groups in total. The van der Waals surface area contributed by atoms with Crippen molar-refractivity contribution in [1.82, 2.24) is 15.1 Å². The molecule has 1 aliphatic carbocycles. The van der Waals surface area contributed by atoms with Gasteiger partial charge in [-0.1, -0.05) is 12.1 Å². The van der Waals surface area contributed by atoms with Crippen molar-refractivity contribution in [3.8, 4) is 5.75 Å². The number of rotatable bonds is 7. The molecule has 7 heteroatoms. The van der Waals surface area contributed by atoms with Crippen molar-refractivity contribution in [1.29, 1.82) is 0 Å². The largest absolute Gasteiger partial charge is 0.497 e. The molecule has 7 nitrogen and oxygen atoms in total. The van der Waals surface area contributed by atoms with Gasteiger partial charge in [0.25, 0.3) is 0 Å². The number of likely N-dealkylation sites (tertiary alicyclic amines) is 1. The minimum Gasteiger partial charge on any atom is -0.497 e. The molecule has 1 amide bonds. The fourth-order valence-corrected chi connectivity index (χ4v) is 4.10. The Morgan fingerprint density at radius 3 is 2.34 bits per heavy atom. The number of carbonyl (C=O) groups excluding carboxylic acids is 1. The summed E-state index contributed by atoms with van der Waals surface area (Å²) >= 11 is 0. The Balaban J connectivity index is 1.48. The van der Waals surface area contributed by atoms with Gasteiger partial charge in [-0.25, -0.2) is 4.79 Å². The van der Waals surface area contributed by atoms with Gasteiger partial charge < -0.3 is 24.6 Å². The number of carbonyl (C=O) groups is 1. The van der Waals surface area contributed by atoms with Crippen molar-refractivity contribution in [2.24, 2.45) is 10.9 Å². The summed E-state index contributed by atoms with van der Waals surface area (Å²) in [5.74, 6) is 2.46. The van der Waals surface area contributed by atoms with Crippen molar-refractivity contribution in [3.63, 3.8) is 0 Å². The van der Waals surface area contributed by atoms with Crippen molar-refractivity contribution in [2.75, 3.05) is 40.3 Å². The van der Waals surface area contributed by atoms with Crippen LogP contribution in [-0.4, -0.2) is 73.8 Å². The van der Waals surface area contributed by atoms with E-state index < -0.39 is 5.60 Å². The molecule has 0 atom stereocenters. The van der Waals surface area contributed by atoms with Gasteiger partial charge in [-0.05, 0) is 76.5 Å². The highest BCUT2D eigenvalue weighted by molar-refractivity contribution is 5.80. The Labute approximate surface area is 193 Å². The van der Waals surface area contributed by atoms with Crippen molar-refractivity contribution >= 4 is 12.1 Å². The minimum atomic E-state index is -0.463. The summed E-state index contributed by atoms with van der Waals surface area (Å²) in [5, 5.41) is 3.50. The Hall–Kier alpha value is -2.44. The maximum absolute atomic E-state index is 12.9. The highest BCUT2D eigenvalue weighted by atomic mass is 16.6. The molecule has 32 heavy (non-hydrogen) atoms. The summed E-state index contributed by atoms with van der Waals surface area (Å²) < 4.78 is 10.9. The van der Waals surface area contributed by atoms with Gasteiger partial charge >= 0.3 is 6.09 Å². The van der Waals surface area contributed by atoms with Gasteiger partial charge in [0.1, 0.15) is 11.4 Å². The summed E-state index contributed by atoms with van der Waals surface area (Å²) in [6.45, 7) is 9.23. The van der Waals surface area contributed by atoms with E-state index in [2.05, 4.69) is 27.3 Å². The summed E-state index contributed by atoms with van der Waals surface area (Å²) in [6, 6.07) is 8.42. The maximum atomic E-state index is 12.9. The zero-order valence-corrected chi connectivity index (χ0v) is 20.4. The second kappa shape index (κ2) is 10.9. The molecular weight excluding hydrogens is 404 g/mol. The molecule has 2 fully saturated rings. The van der Waals surface area contributed by atoms with E-state index in [1.807, 2.05) is 44.9 Å². The number of amides is 1. The Morgan fingerprint density at radius 2 is 1.81 bits per heavy atom. The van der Waals surface area contributed by atoms with E-state index in [1.54, 1.807) is 7.11 Å². The molecule has 1 aromatic rings. The lowest BCUT2D eigenvalue weighted by molar-refractivity contribution is 0.00928. The van der Waals surface area contributed by atoms with Gasteiger partial charge in [0.05, 0.1) is 7.11 Å². The number of methoxy groups -OCH3 is 1. The third kappa shape index (κ3) is 7.31. The fourth-order valence-electron chi connectivity index (χ4n) is 4.10. The topological polar surface area (TPSA) is 66.4 Å². The van der Waals surface area contributed by atoms with Crippen molar-refractivity contribution in [2.45, 2.75) is 64.5 Å². The van der Waals surface area contributed by atoms with Crippen LogP contribution in [0.25, 0.3) is 0 Å². The monoisotopic (exact) mass is 444 g/mol. The van der Waals surface area contributed by atoms with Gasteiger partial charge in [-0.15, -0.1) is 0 Å². The Morgan fingerprint density at radius 1 is 1.16 bits per heavy atom. The lowest BCUT2D eigenvalue weighted by Gasteiger charge is -2.40. The molecule has 1 saturated heterocycles. The molecule has 2 aliphatic rings. The molecule has 1 aromatic carbocycles. The van der Waals surface area contributed by atoms with Crippen LogP contribution in [0.2, 0.25) is 0 Å². The zero-order valence-electron chi connectivity index (χ0n) is 20.4. The predicted molar refractivity (Wildman–Crippen MR) is 128 cm³/mol. The lowest BCUT2D eigenvalue weighted by atomic mass is 10.0. The summed E-state index contributed by atoms with van der Waals surface area (Å²) in [6.07, 6.45) is 5.08. The van der Waals surface area contributed by atoms with Crippen LogP contribution in [0, 0.1) is 5.92 Å². The Bertz CT molecular complexity index is 760. The highest BCUT2D eigenvalue weighted by Crippen LogP contribution is 2.32. The molecule has 1 saturated carbocycles. The minimum absolute atomic E-state index is 0.162. The summed E-state index contributed by atoms with van der Waals surface area (Å²) in [5.41, 5.74) is 0.802. The molecular formula is C25H40N4O3. The van der Waals surface area contributed by atoms with Crippen molar-refractivity contribution < 1.29 is 14.3 Å². The first-order valence-electron chi connectivity index (χ1n) is 11.9. The molecule has 0 radical (unpaired) electrons. The van der Waals surface area contributed by atoms with Crippen LogP contribution in [0.15, 0.2) is 29.3 Å². The number of nitrogens with zero attached hydrogens (tertiary/aromatic N) is 3. The van der Waals surface area contributed by atoms with E-state index in [4.69, 9.17) is 9.47 Å². The average molecular weight is 445 g/mol. The molecule has 0 spiro atoms. The van der Waals surface area contributed by atoms with Gasteiger partial charge in [0, 0.05) is 39.3 Å². The molecule has 3 rings (SSSR count). The number of guanidine groups is 1. The molecule has 0 bridgehead atoms. The van der Waals surface area contributed by atoms with Crippen LogP contribution in [-0.2, 0) is 11.2 Å². The molecule has 178 valence electrons. The zero-order chi connectivity index (χ0) is 23.1. The fraction of sp³-hybridized carbons (Fsp3) is 0.680. The van der Waals surface area contributed by atoms with E-state index in [0.29, 0.717) is 5.92 Å². The first-order chi connectivity index (χ1) is 15.3. The van der Waals surface area contributed by atoms with Gasteiger partial charge in [-0.2, -0.15) is 0 Å². The average Bonchev–Trinajstić information content (AvgIpc) is 3.59. The normalized spacial score (nSPS) is 17.8. The molecule has 1 aliphatic heterocycles. The van der Waals surface area contributed by atoms with Crippen LogP contribution in [0.1, 0.15) is 52.0 Å². The quantitative estimate of drug-likeness (QED) is 0.510. The predicted octanol–water partition coefficient (Wildman–Crippen LogP) is 3.92. The third-order valence-corrected chi connectivity index (χ3v) is 6.05. The SMILES string of the molecule is CN=C(NCCc1ccc(OC)cc1)N1CCC(N(CC2CC2)C(=O)OC(C)(C)C)CC1. The summed E-state index contributed by atoms with van der Waals surface area (Å²) in [7, 11) is 3.52. The molecule has 0 aromatic heterocycles. The molecule has 1 heterocycles. The number of hydrogen-bond acceptors (Lipinski definition) is 4. The van der Waals surface area contributed by atoms with Crippen LogP contribution in [0.4, 0.5) is 4.79 Å².